The van der Waals surface area contributed by atoms with Gasteiger partial charge in [0.1, 0.15) is 0 Å². The van der Waals surface area contributed by atoms with Crippen molar-refractivity contribution in [2.45, 2.75) is 31.6 Å². The minimum absolute atomic E-state index is 0.0880. The van der Waals surface area contributed by atoms with Crippen LogP contribution >= 0.6 is 0 Å². The number of aromatic amines is 1. The zero-order valence-corrected chi connectivity index (χ0v) is 14.0. The number of aryl methyl sites for hydroxylation is 1. The molecule has 5 nitrogen and oxygen atoms in total. The van der Waals surface area contributed by atoms with Crippen molar-refractivity contribution in [3.8, 4) is 0 Å². The molecule has 120 valence electrons. The highest BCUT2D eigenvalue weighted by Crippen LogP contribution is 2.28. The lowest BCUT2D eigenvalue weighted by atomic mass is 10.1. The molecular formula is C17H18N2O3S. The highest BCUT2D eigenvalue weighted by Gasteiger charge is 2.22. The van der Waals surface area contributed by atoms with E-state index in [4.69, 9.17) is 0 Å². The minimum Gasteiger partial charge on any atom is -0.320 e. The van der Waals surface area contributed by atoms with Gasteiger partial charge in [-0.05, 0) is 36.6 Å². The third-order valence-electron chi connectivity index (χ3n) is 3.88. The number of nitrogens with zero attached hydrogens (tertiary/aromatic N) is 1. The summed E-state index contributed by atoms with van der Waals surface area (Å²) in [5.41, 5.74) is 2.60. The van der Waals surface area contributed by atoms with Crippen LogP contribution in [0.25, 0.3) is 11.0 Å². The molecule has 0 spiro atoms. The summed E-state index contributed by atoms with van der Waals surface area (Å²) in [6.45, 7) is 5.83. The number of nitrogens with one attached hydrogen (secondary N) is 1. The zero-order valence-electron chi connectivity index (χ0n) is 13.2. The molecule has 0 unspecified atom stereocenters. The summed E-state index contributed by atoms with van der Waals surface area (Å²) in [6.07, 6.45) is 1.60. The van der Waals surface area contributed by atoms with Crippen LogP contribution in [0.3, 0.4) is 0 Å². The van der Waals surface area contributed by atoms with E-state index in [1.165, 1.54) is 10.0 Å². The van der Waals surface area contributed by atoms with E-state index in [9.17, 15) is 13.2 Å². The van der Waals surface area contributed by atoms with Crippen molar-refractivity contribution in [2.75, 3.05) is 0 Å². The lowest BCUT2D eigenvalue weighted by molar-refractivity contribution is 0.589. The van der Waals surface area contributed by atoms with Gasteiger partial charge in [-0.25, -0.2) is 12.4 Å². The van der Waals surface area contributed by atoms with Crippen LogP contribution in [0.1, 0.15) is 30.9 Å². The van der Waals surface area contributed by atoms with Gasteiger partial charge in [-0.1, -0.05) is 31.5 Å². The molecule has 1 aromatic carbocycles. The van der Waals surface area contributed by atoms with Gasteiger partial charge >= 0.3 is 0 Å². The number of pyridine rings is 1. The molecule has 0 atom stereocenters. The molecule has 0 aliphatic rings. The summed E-state index contributed by atoms with van der Waals surface area (Å²) in [5, 5.41) is 0. The largest absolute Gasteiger partial charge is 0.320 e. The number of H-pyrrole nitrogens is 1. The molecule has 0 saturated carbocycles. The lowest BCUT2D eigenvalue weighted by Gasteiger charge is -2.07. The van der Waals surface area contributed by atoms with Crippen LogP contribution in [0, 0.1) is 6.92 Å². The Labute approximate surface area is 134 Å². The molecule has 1 N–H and O–H groups in total. The van der Waals surface area contributed by atoms with Crippen LogP contribution in [0.5, 0.6) is 0 Å². The van der Waals surface area contributed by atoms with E-state index in [1.54, 1.807) is 36.5 Å². The van der Waals surface area contributed by atoms with Gasteiger partial charge < -0.3 is 4.98 Å². The Hall–Kier alpha value is -2.34. The average Bonchev–Trinajstić information content (AvgIpc) is 2.87. The minimum atomic E-state index is -3.71. The van der Waals surface area contributed by atoms with E-state index in [-0.39, 0.29) is 16.4 Å². The Morgan fingerprint density at radius 3 is 2.30 bits per heavy atom. The fraction of sp³-hybridized carbons (Fsp3) is 0.235. The zero-order chi connectivity index (χ0) is 16.8. The summed E-state index contributed by atoms with van der Waals surface area (Å²) < 4.78 is 27.2. The molecule has 0 aliphatic carbocycles. The Morgan fingerprint density at radius 2 is 1.70 bits per heavy atom. The number of rotatable bonds is 3. The van der Waals surface area contributed by atoms with Gasteiger partial charge in [0.2, 0.25) is 5.56 Å². The van der Waals surface area contributed by atoms with E-state index in [1.807, 2.05) is 20.8 Å². The van der Waals surface area contributed by atoms with E-state index < -0.39 is 10.0 Å². The maximum atomic E-state index is 13.0. The summed E-state index contributed by atoms with van der Waals surface area (Å²) in [7, 11) is -3.71. The standard InChI is InChI=1S/C17H18N2O3S/c1-11(2)14-10-19(15-8-9-16(20)18-17(14)15)23(21,22)13-6-4-12(3)5-7-13/h4-11H,1-3H3,(H,18,20). The Balaban J connectivity index is 2.31. The number of hydrogen-bond donors (Lipinski definition) is 1. The first-order valence-corrected chi connectivity index (χ1v) is 8.81. The fourth-order valence-corrected chi connectivity index (χ4v) is 3.96. The monoisotopic (exact) mass is 330 g/mol. The third kappa shape index (κ3) is 2.59. The van der Waals surface area contributed by atoms with Crippen molar-refractivity contribution in [1.29, 1.82) is 0 Å². The molecule has 0 amide bonds. The fourth-order valence-electron chi connectivity index (χ4n) is 2.59. The van der Waals surface area contributed by atoms with Gasteiger partial charge in [-0.15, -0.1) is 0 Å². The quantitative estimate of drug-likeness (QED) is 0.802. The smallest absolute Gasteiger partial charge is 0.268 e. The number of benzene rings is 1. The highest BCUT2D eigenvalue weighted by molar-refractivity contribution is 7.90. The summed E-state index contributed by atoms with van der Waals surface area (Å²) in [4.78, 5) is 14.6. The SMILES string of the molecule is Cc1ccc(S(=O)(=O)n2cc(C(C)C)c3[nH]c(=O)ccc32)cc1. The molecule has 3 rings (SSSR count). The van der Waals surface area contributed by atoms with Gasteiger partial charge in [-0.2, -0.15) is 0 Å². The van der Waals surface area contributed by atoms with Crippen molar-refractivity contribution in [2.24, 2.45) is 0 Å². The first kappa shape index (κ1) is 15.6. The van der Waals surface area contributed by atoms with E-state index in [2.05, 4.69) is 4.98 Å². The van der Waals surface area contributed by atoms with Crippen molar-refractivity contribution in [3.05, 3.63) is 64.1 Å². The Kier molecular flexibility index (Phi) is 3.64. The Bertz CT molecular complexity index is 1030. The van der Waals surface area contributed by atoms with Gasteiger partial charge in [0.05, 0.1) is 15.9 Å². The van der Waals surface area contributed by atoms with E-state index in [0.717, 1.165) is 11.1 Å². The van der Waals surface area contributed by atoms with Crippen LogP contribution in [0.15, 0.2) is 52.3 Å². The predicted molar refractivity (Wildman–Crippen MR) is 90.4 cm³/mol. The van der Waals surface area contributed by atoms with Crippen molar-refractivity contribution >= 4 is 21.1 Å². The van der Waals surface area contributed by atoms with Crippen molar-refractivity contribution in [3.63, 3.8) is 0 Å². The summed E-state index contributed by atoms with van der Waals surface area (Å²) in [6, 6.07) is 9.61. The van der Waals surface area contributed by atoms with Crippen LogP contribution in [0.4, 0.5) is 0 Å². The van der Waals surface area contributed by atoms with Crippen LogP contribution in [0.2, 0.25) is 0 Å². The number of fused-ring (bicyclic) bond motifs is 1. The third-order valence-corrected chi connectivity index (χ3v) is 5.57. The molecule has 0 bridgehead atoms. The molecule has 0 radical (unpaired) electrons. The van der Waals surface area contributed by atoms with Crippen LogP contribution < -0.4 is 5.56 Å². The Morgan fingerprint density at radius 1 is 1.04 bits per heavy atom. The molecule has 0 aliphatic heterocycles. The molecule has 0 saturated heterocycles. The first-order valence-electron chi connectivity index (χ1n) is 7.37. The number of aromatic nitrogens is 2. The predicted octanol–water partition coefficient (Wildman–Crippen LogP) is 3.00. The topological polar surface area (TPSA) is 71.9 Å². The molecular weight excluding hydrogens is 312 g/mol. The molecule has 0 fully saturated rings. The molecule has 2 heterocycles. The van der Waals surface area contributed by atoms with Gasteiger partial charge in [0.15, 0.2) is 0 Å². The highest BCUT2D eigenvalue weighted by atomic mass is 32.2. The second-order valence-corrected chi connectivity index (χ2v) is 7.75. The van der Waals surface area contributed by atoms with Crippen molar-refractivity contribution < 1.29 is 8.42 Å². The van der Waals surface area contributed by atoms with Crippen molar-refractivity contribution in [1.82, 2.24) is 8.96 Å². The van der Waals surface area contributed by atoms with Gasteiger partial charge in [0.25, 0.3) is 10.0 Å². The van der Waals surface area contributed by atoms with Gasteiger partial charge in [0, 0.05) is 12.3 Å². The molecule has 3 aromatic rings. The molecule has 2 aromatic heterocycles. The average molecular weight is 330 g/mol. The second kappa shape index (κ2) is 5.38. The van der Waals surface area contributed by atoms with Gasteiger partial charge in [-0.3, -0.25) is 4.79 Å². The van der Waals surface area contributed by atoms with E-state index in [0.29, 0.717) is 11.0 Å². The normalized spacial score (nSPS) is 12.2. The maximum absolute atomic E-state index is 13.0. The molecule has 23 heavy (non-hydrogen) atoms. The maximum Gasteiger partial charge on any atom is 0.268 e. The van der Waals surface area contributed by atoms with E-state index >= 15 is 0 Å². The lowest BCUT2D eigenvalue weighted by Crippen LogP contribution is -2.12. The van der Waals surface area contributed by atoms with Crippen LogP contribution in [-0.2, 0) is 10.0 Å². The summed E-state index contributed by atoms with van der Waals surface area (Å²) >= 11 is 0. The first-order chi connectivity index (χ1) is 10.8. The summed E-state index contributed by atoms with van der Waals surface area (Å²) in [5.74, 6) is 0.0880. The molecule has 6 heteroatoms. The second-order valence-electron chi connectivity index (χ2n) is 5.94. The van der Waals surface area contributed by atoms with Crippen LogP contribution in [-0.4, -0.2) is 17.4 Å². The number of hydrogen-bond acceptors (Lipinski definition) is 3.